The van der Waals surface area contributed by atoms with Crippen molar-refractivity contribution in [2.24, 2.45) is 5.92 Å². The predicted molar refractivity (Wildman–Crippen MR) is 105 cm³/mol. The fourth-order valence-corrected chi connectivity index (χ4v) is 3.23. The highest BCUT2D eigenvalue weighted by Crippen LogP contribution is 2.21. The van der Waals surface area contributed by atoms with Crippen LogP contribution in [0.15, 0.2) is 42.5 Å². The molecule has 0 aliphatic rings. The molecule has 0 spiro atoms. The molecule has 0 bridgehead atoms. The second-order valence-electron chi connectivity index (χ2n) is 6.96. The number of carbonyl (C=O) groups excluding carboxylic acids is 1. The molecule has 2 nitrogen and oxygen atoms in total. The smallest absolute Gasteiger partial charge is 0.150 e. The first-order valence-electron chi connectivity index (χ1n) is 9.36. The van der Waals surface area contributed by atoms with Gasteiger partial charge in [-0.25, -0.2) is 0 Å². The van der Waals surface area contributed by atoms with Gasteiger partial charge in [0.1, 0.15) is 12.0 Å². The van der Waals surface area contributed by atoms with Gasteiger partial charge in [-0.1, -0.05) is 38.0 Å². The summed E-state index contributed by atoms with van der Waals surface area (Å²) < 4.78 is 5.80. The van der Waals surface area contributed by atoms with Crippen molar-refractivity contribution >= 4 is 6.29 Å². The highest BCUT2D eigenvalue weighted by molar-refractivity contribution is 5.74. The number of aryl methyl sites for hydroxylation is 2. The number of hydrogen-bond acceptors (Lipinski definition) is 2. The monoisotopic (exact) mass is 338 g/mol. The Labute approximate surface area is 152 Å². The third kappa shape index (κ3) is 6.38. The van der Waals surface area contributed by atoms with Crippen LogP contribution >= 0.6 is 0 Å². The molecule has 0 fully saturated rings. The van der Waals surface area contributed by atoms with Gasteiger partial charge in [-0.2, -0.15) is 0 Å². The molecule has 2 aromatic carbocycles. The first-order valence-corrected chi connectivity index (χ1v) is 9.36. The van der Waals surface area contributed by atoms with Gasteiger partial charge in [0.05, 0.1) is 6.61 Å². The molecular weight excluding hydrogens is 308 g/mol. The normalized spacial score (nSPS) is 12.0. The largest absolute Gasteiger partial charge is 0.494 e. The zero-order valence-electron chi connectivity index (χ0n) is 15.8. The van der Waals surface area contributed by atoms with Gasteiger partial charge < -0.3 is 4.74 Å². The highest BCUT2D eigenvalue weighted by atomic mass is 16.5. The third-order valence-corrected chi connectivity index (χ3v) is 4.83. The van der Waals surface area contributed by atoms with Crippen molar-refractivity contribution in [3.8, 4) is 5.75 Å². The SMILES string of the molecule is CCC[C@@H](CCCOc1ccc(C=O)cc1)Cc1ccc(C)c(C)c1. The fourth-order valence-electron chi connectivity index (χ4n) is 3.23. The third-order valence-electron chi connectivity index (χ3n) is 4.83. The Morgan fingerprint density at radius 3 is 2.40 bits per heavy atom. The van der Waals surface area contributed by atoms with Crippen LogP contribution in [-0.4, -0.2) is 12.9 Å². The van der Waals surface area contributed by atoms with Crippen molar-refractivity contribution in [1.29, 1.82) is 0 Å². The minimum Gasteiger partial charge on any atom is -0.494 e. The number of ether oxygens (including phenoxy) is 1. The summed E-state index contributed by atoms with van der Waals surface area (Å²) in [5.74, 6) is 1.56. The molecule has 0 aromatic heterocycles. The van der Waals surface area contributed by atoms with E-state index in [2.05, 4.69) is 39.0 Å². The molecule has 0 aliphatic heterocycles. The van der Waals surface area contributed by atoms with Gasteiger partial charge in [0.15, 0.2) is 0 Å². The number of carbonyl (C=O) groups is 1. The summed E-state index contributed by atoms with van der Waals surface area (Å²) in [4.78, 5) is 10.7. The lowest BCUT2D eigenvalue weighted by molar-refractivity contribution is 0.112. The summed E-state index contributed by atoms with van der Waals surface area (Å²) in [5, 5.41) is 0. The molecule has 25 heavy (non-hydrogen) atoms. The molecule has 0 amide bonds. The van der Waals surface area contributed by atoms with E-state index in [4.69, 9.17) is 4.74 Å². The van der Waals surface area contributed by atoms with E-state index in [1.165, 1.54) is 36.0 Å². The van der Waals surface area contributed by atoms with E-state index in [0.29, 0.717) is 11.5 Å². The summed E-state index contributed by atoms with van der Waals surface area (Å²) in [6.07, 6.45) is 6.75. The minimum absolute atomic E-state index is 0.684. The Morgan fingerprint density at radius 2 is 1.76 bits per heavy atom. The Balaban J connectivity index is 1.80. The fraction of sp³-hybridized carbons (Fsp3) is 0.435. The van der Waals surface area contributed by atoms with Crippen LogP contribution in [0.5, 0.6) is 5.75 Å². The molecule has 0 saturated heterocycles. The summed E-state index contributed by atoms with van der Waals surface area (Å²) in [5.41, 5.74) is 4.88. The van der Waals surface area contributed by atoms with Crippen molar-refractivity contribution in [2.45, 2.75) is 52.9 Å². The second kappa shape index (κ2) is 10.0. The van der Waals surface area contributed by atoms with Crippen LogP contribution in [0.25, 0.3) is 0 Å². The molecule has 2 aromatic rings. The van der Waals surface area contributed by atoms with E-state index in [1.54, 1.807) is 12.1 Å². The molecular formula is C23H30O2. The highest BCUT2D eigenvalue weighted by Gasteiger charge is 2.10. The van der Waals surface area contributed by atoms with Crippen LogP contribution in [0.3, 0.4) is 0 Å². The first kappa shape index (κ1) is 19.2. The molecule has 2 heteroatoms. The molecule has 0 radical (unpaired) electrons. The molecule has 1 atom stereocenters. The van der Waals surface area contributed by atoms with Crippen LogP contribution in [0, 0.1) is 19.8 Å². The van der Waals surface area contributed by atoms with Gasteiger partial charge in [0, 0.05) is 5.56 Å². The maximum Gasteiger partial charge on any atom is 0.150 e. The zero-order chi connectivity index (χ0) is 18.1. The Bertz CT molecular complexity index is 658. The number of aldehydes is 1. The van der Waals surface area contributed by atoms with Crippen LogP contribution in [-0.2, 0) is 6.42 Å². The summed E-state index contributed by atoms with van der Waals surface area (Å²) in [7, 11) is 0. The summed E-state index contributed by atoms with van der Waals surface area (Å²) in [6.45, 7) is 7.35. The van der Waals surface area contributed by atoms with Crippen LogP contribution < -0.4 is 4.74 Å². The van der Waals surface area contributed by atoms with Gasteiger partial charge in [-0.3, -0.25) is 4.79 Å². The van der Waals surface area contributed by atoms with Crippen molar-refractivity contribution in [1.82, 2.24) is 0 Å². The number of hydrogen-bond donors (Lipinski definition) is 0. The summed E-state index contributed by atoms with van der Waals surface area (Å²) >= 11 is 0. The molecule has 134 valence electrons. The van der Waals surface area contributed by atoms with Crippen molar-refractivity contribution in [3.63, 3.8) is 0 Å². The zero-order valence-corrected chi connectivity index (χ0v) is 15.8. The van der Waals surface area contributed by atoms with Crippen molar-refractivity contribution in [3.05, 3.63) is 64.7 Å². The maximum absolute atomic E-state index is 10.7. The maximum atomic E-state index is 10.7. The average molecular weight is 338 g/mol. The Kier molecular flexibility index (Phi) is 7.72. The molecule has 0 heterocycles. The van der Waals surface area contributed by atoms with Crippen LogP contribution in [0.1, 0.15) is 59.7 Å². The molecule has 0 aliphatic carbocycles. The lowest BCUT2D eigenvalue weighted by atomic mass is 9.90. The Hall–Kier alpha value is -2.09. The van der Waals surface area contributed by atoms with E-state index in [1.807, 2.05) is 12.1 Å². The van der Waals surface area contributed by atoms with Crippen LogP contribution in [0.4, 0.5) is 0 Å². The van der Waals surface area contributed by atoms with Gasteiger partial charge in [-0.05, 0) is 80.0 Å². The molecule has 0 N–H and O–H groups in total. The van der Waals surface area contributed by atoms with E-state index < -0.39 is 0 Å². The van der Waals surface area contributed by atoms with E-state index in [-0.39, 0.29) is 0 Å². The minimum atomic E-state index is 0.684. The predicted octanol–water partition coefficient (Wildman–Crippen LogP) is 5.93. The van der Waals surface area contributed by atoms with E-state index >= 15 is 0 Å². The van der Waals surface area contributed by atoms with Crippen molar-refractivity contribution < 1.29 is 9.53 Å². The standard InChI is InChI=1S/C23H30O2/c1-4-6-20(16-22-9-8-18(2)19(3)15-22)7-5-14-25-23-12-10-21(17-24)11-13-23/h8-13,15,17,20H,4-7,14,16H2,1-3H3/t20-/m0/s1. The lowest BCUT2D eigenvalue weighted by Crippen LogP contribution is -2.08. The number of rotatable bonds is 10. The second-order valence-corrected chi connectivity index (χ2v) is 6.96. The quantitative estimate of drug-likeness (QED) is 0.396. The summed E-state index contributed by atoms with van der Waals surface area (Å²) in [6, 6.07) is 14.2. The number of benzene rings is 2. The molecule has 0 unspecified atom stereocenters. The lowest BCUT2D eigenvalue weighted by Gasteiger charge is -2.17. The van der Waals surface area contributed by atoms with E-state index in [9.17, 15) is 4.79 Å². The molecule has 0 saturated carbocycles. The van der Waals surface area contributed by atoms with Gasteiger partial charge >= 0.3 is 0 Å². The molecule has 2 rings (SSSR count). The van der Waals surface area contributed by atoms with Crippen LogP contribution in [0.2, 0.25) is 0 Å². The van der Waals surface area contributed by atoms with Gasteiger partial charge in [-0.15, -0.1) is 0 Å². The van der Waals surface area contributed by atoms with Crippen molar-refractivity contribution in [2.75, 3.05) is 6.61 Å². The van der Waals surface area contributed by atoms with E-state index in [0.717, 1.165) is 31.5 Å². The van der Waals surface area contributed by atoms with Gasteiger partial charge in [0.2, 0.25) is 0 Å². The average Bonchev–Trinajstić information content (AvgIpc) is 2.62. The Morgan fingerprint density at radius 1 is 1.00 bits per heavy atom. The van der Waals surface area contributed by atoms with Gasteiger partial charge in [0.25, 0.3) is 0 Å². The first-order chi connectivity index (χ1) is 12.1. The topological polar surface area (TPSA) is 26.3 Å².